The smallest absolute Gasteiger partial charge is 0.162 e. The standard InChI is InChI=1S/C22H27Cl2NO3/c1-27-20-10-17(19(24)11-21(20)28-2)13-25-8-4-7-22(14-25,15-26)12-16-5-3-6-18(23)9-16/h3,5-6,9-11,26H,4,7-8,12-15H2,1-2H3/t22-/m1/s1. The predicted molar refractivity (Wildman–Crippen MR) is 114 cm³/mol. The lowest BCUT2D eigenvalue weighted by atomic mass is 9.75. The van der Waals surface area contributed by atoms with Gasteiger partial charge in [0, 0.05) is 34.6 Å². The molecule has 2 aromatic rings. The Morgan fingerprint density at radius 2 is 1.86 bits per heavy atom. The Bertz CT molecular complexity index is 814. The van der Waals surface area contributed by atoms with Gasteiger partial charge in [0.25, 0.3) is 0 Å². The van der Waals surface area contributed by atoms with Crippen molar-refractivity contribution < 1.29 is 14.6 Å². The first-order valence-electron chi connectivity index (χ1n) is 9.47. The highest BCUT2D eigenvalue weighted by Crippen LogP contribution is 2.37. The van der Waals surface area contributed by atoms with Gasteiger partial charge in [-0.15, -0.1) is 0 Å². The molecule has 0 amide bonds. The van der Waals surface area contributed by atoms with E-state index in [4.69, 9.17) is 32.7 Å². The summed E-state index contributed by atoms with van der Waals surface area (Å²) in [5, 5.41) is 11.6. The van der Waals surface area contributed by atoms with Gasteiger partial charge < -0.3 is 14.6 Å². The van der Waals surface area contributed by atoms with Gasteiger partial charge in [-0.2, -0.15) is 0 Å². The third-order valence-electron chi connectivity index (χ3n) is 5.49. The number of halogens is 2. The lowest BCUT2D eigenvalue weighted by Gasteiger charge is -2.42. The van der Waals surface area contributed by atoms with E-state index < -0.39 is 0 Å². The Hall–Kier alpha value is -1.46. The molecule has 6 heteroatoms. The second-order valence-electron chi connectivity index (χ2n) is 7.58. The molecule has 0 aliphatic carbocycles. The summed E-state index contributed by atoms with van der Waals surface area (Å²) in [6.07, 6.45) is 2.83. The first-order valence-corrected chi connectivity index (χ1v) is 10.2. The van der Waals surface area contributed by atoms with Crippen molar-refractivity contribution in [1.82, 2.24) is 4.90 Å². The van der Waals surface area contributed by atoms with Crippen LogP contribution in [-0.2, 0) is 13.0 Å². The zero-order chi connectivity index (χ0) is 20.1. The number of likely N-dealkylation sites (tertiary alicyclic amines) is 1. The van der Waals surface area contributed by atoms with E-state index in [0.29, 0.717) is 23.1 Å². The average molecular weight is 424 g/mol. The Morgan fingerprint density at radius 3 is 2.54 bits per heavy atom. The van der Waals surface area contributed by atoms with Crippen molar-refractivity contribution >= 4 is 23.2 Å². The number of rotatable bonds is 7. The number of benzene rings is 2. The molecule has 1 atom stereocenters. The lowest BCUT2D eigenvalue weighted by molar-refractivity contribution is 0.0288. The van der Waals surface area contributed by atoms with Crippen LogP contribution in [0.5, 0.6) is 11.5 Å². The maximum absolute atomic E-state index is 10.2. The normalized spacial score (nSPS) is 20.2. The van der Waals surface area contributed by atoms with Crippen LogP contribution in [0.1, 0.15) is 24.0 Å². The minimum atomic E-state index is -0.175. The summed E-state index contributed by atoms with van der Waals surface area (Å²) in [6.45, 7) is 2.63. The Morgan fingerprint density at radius 1 is 1.11 bits per heavy atom. The van der Waals surface area contributed by atoms with E-state index in [0.717, 1.165) is 48.5 Å². The van der Waals surface area contributed by atoms with Crippen LogP contribution in [0.3, 0.4) is 0 Å². The molecule has 1 saturated heterocycles. The molecule has 0 unspecified atom stereocenters. The molecule has 0 aromatic heterocycles. The highest BCUT2D eigenvalue weighted by atomic mass is 35.5. The summed E-state index contributed by atoms with van der Waals surface area (Å²) in [6, 6.07) is 11.6. The molecule has 2 aromatic carbocycles. The number of ether oxygens (including phenoxy) is 2. The van der Waals surface area contributed by atoms with Gasteiger partial charge in [0.2, 0.25) is 0 Å². The summed E-state index contributed by atoms with van der Waals surface area (Å²) >= 11 is 12.6. The second kappa shape index (κ2) is 9.36. The number of piperidine rings is 1. The van der Waals surface area contributed by atoms with Crippen LogP contribution in [0.4, 0.5) is 0 Å². The monoisotopic (exact) mass is 423 g/mol. The van der Waals surface area contributed by atoms with Crippen LogP contribution in [0.15, 0.2) is 36.4 Å². The number of aliphatic hydroxyl groups excluding tert-OH is 1. The van der Waals surface area contributed by atoms with Crippen molar-refractivity contribution in [1.29, 1.82) is 0 Å². The SMILES string of the molecule is COc1cc(Cl)c(CN2CCC[C@@](CO)(Cc3cccc(Cl)c3)C2)cc1OC. The number of nitrogens with zero attached hydrogens (tertiary/aromatic N) is 1. The Kier molecular flexibility index (Phi) is 7.10. The van der Waals surface area contributed by atoms with Crippen molar-refractivity contribution in [2.24, 2.45) is 5.41 Å². The fourth-order valence-electron chi connectivity index (χ4n) is 4.11. The highest BCUT2D eigenvalue weighted by molar-refractivity contribution is 6.31. The molecule has 1 heterocycles. The van der Waals surface area contributed by atoms with Gasteiger partial charge in [-0.1, -0.05) is 35.3 Å². The van der Waals surface area contributed by atoms with Gasteiger partial charge in [-0.25, -0.2) is 0 Å². The lowest BCUT2D eigenvalue weighted by Crippen LogP contribution is -2.46. The van der Waals surface area contributed by atoms with Crippen LogP contribution in [0.25, 0.3) is 0 Å². The van der Waals surface area contributed by atoms with Gasteiger partial charge in [0.15, 0.2) is 11.5 Å². The molecular weight excluding hydrogens is 397 g/mol. The van der Waals surface area contributed by atoms with Gasteiger partial charge >= 0.3 is 0 Å². The molecule has 152 valence electrons. The van der Waals surface area contributed by atoms with Crippen molar-refractivity contribution in [3.05, 3.63) is 57.6 Å². The average Bonchev–Trinajstić information content (AvgIpc) is 2.69. The second-order valence-corrected chi connectivity index (χ2v) is 8.42. The van der Waals surface area contributed by atoms with E-state index in [1.165, 1.54) is 0 Å². The fourth-order valence-corrected chi connectivity index (χ4v) is 4.54. The summed E-state index contributed by atoms with van der Waals surface area (Å²) < 4.78 is 10.7. The van der Waals surface area contributed by atoms with Crippen LogP contribution in [0.2, 0.25) is 10.0 Å². The molecule has 1 fully saturated rings. The number of hydrogen-bond acceptors (Lipinski definition) is 4. The third-order valence-corrected chi connectivity index (χ3v) is 6.08. The molecule has 1 N–H and O–H groups in total. The van der Waals surface area contributed by atoms with Gasteiger partial charge in [0.05, 0.1) is 20.8 Å². The maximum Gasteiger partial charge on any atom is 0.162 e. The van der Waals surface area contributed by atoms with Crippen LogP contribution >= 0.6 is 23.2 Å². The first kappa shape index (κ1) is 21.3. The van der Waals surface area contributed by atoms with E-state index in [-0.39, 0.29) is 12.0 Å². The van der Waals surface area contributed by atoms with Crippen LogP contribution in [-0.4, -0.2) is 43.9 Å². The molecule has 0 radical (unpaired) electrons. The minimum absolute atomic E-state index is 0.148. The first-order chi connectivity index (χ1) is 13.5. The van der Waals surface area contributed by atoms with Gasteiger partial charge in [0.1, 0.15) is 0 Å². The Labute approximate surface area is 177 Å². The van der Waals surface area contributed by atoms with E-state index in [1.807, 2.05) is 24.3 Å². The molecule has 28 heavy (non-hydrogen) atoms. The van der Waals surface area contributed by atoms with Crippen molar-refractivity contribution in [2.45, 2.75) is 25.8 Å². The zero-order valence-electron chi connectivity index (χ0n) is 16.4. The molecule has 3 rings (SSSR count). The predicted octanol–water partition coefficient (Wildman–Crippen LogP) is 4.83. The number of aliphatic hydroxyl groups is 1. The van der Waals surface area contributed by atoms with Gasteiger partial charge in [-0.05, 0) is 55.1 Å². The van der Waals surface area contributed by atoms with E-state index in [1.54, 1.807) is 20.3 Å². The summed E-state index contributed by atoms with van der Waals surface area (Å²) in [5.74, 6) is 1.30. The molecular formula is C22H27Cl2NO3. The molecule has 0 bridgehead atoms. The number of methoxy groups -OCH3 is 2. The fraction of sp³-hybridized carbons (Fsp3) is 0.455. The summed E-state index contributed by atoms with van der Waals surface area (Å²) in [7, 11) is 3.22. The molecule has 0 saturated carbocycles. The summed E-state index contributed by atoms with van der Waals surface area (Å²) in [5.41, 5.74) is 1.98. The van der Waals surface area contributed by atoms with Crippen molar-refractivity contribution in [3.63, 3.8) is 0 Å². The molecule has 1 aliphatic rings. The zero-order valence-corrected chi connectivity index (χ0v) is 17.9. The summed E-state index contributed by atoms with van der Waals surface area (Å²) in [4.78, 5) is 2.36. The largest absolute Gasteiger partial charge is 0.493 e. The van der Waals surface area contributed by atoms with E-state index in [9.17, 15) is 5.11 Å². The third kappa shape index (κ3) is 4.93. The molecule has 0 spiro atoms. The quantitative estimate of drug-likeness (QED) is 0.692. The van der Waals surface area contributed by atoms with Gasteiger partial charge in [-0.3, -0.25) is 4.90 Å². The Balaban J connectivity index is 1.77. The van der Waals surface area contributed by atoms with Crippen molar-refractivity contribution in [2.75, 3.05) is 33.9 Å². The van der Waals surface area contributed by atoms with Crippen molar-refractivity contribution in [3.8, 4) is 11.5 Å². The number of hydrogen-bond donors (Lipinski definition) is 1. The van der Waals surface area contributed by atoms with Crippen LogP contribution < -0.4 is 9.47 Å². The molecule has 1 aliphatic heterocycles. The maximum atomic E-state index is 10.2. The van der Waals surface area contributed by atoms with Crippen LogP contribution in [0, 0.1) is 5.41 Å². The minimum Gasteiger partial charge on any atom is -0.493 e. The topological polar surface area (TPSA) is 41.9 Å². The van der Waals surface area contributed by atoms with E-state index >= 15 is 0 Å². The van der Waals surface area contributed by atoms with E-state index in [2.05, 4.69) is 11.0 Å². The highest BCUT2D eigenvalue weighted by Gasteiger charge is 2.35. The molecule has 4 nitrogen and oxygen atoms in total.